The maximum absolute atomic E-state index is 13.2. The van der Waals surface area contributed by atoms with Crippen LogP contribution in [0.4, 0.5) is 15.8 Å². The topological polar surface area (TPSA) is 58.6 Å². The summed E-state index contributed by atoms with van der Waals surface area (Å²) in [5, 5.41) is 2.81. The Morgan fingerprint density at radius 3 is 2.92 bits per heavy atom. The Balaban J connectivity index is 1.65. The van der Waals surface area contributed by atoms with Crippen molar-refractivity contribution >= 4 is 23.2 Å². The number of aryl methyl sites for hydroxylation is 1. The third kappa shape index (κ3) is 4.15. The summed E-state index contributed by atoms with van der Waals surface area (Å²) >= 11 is 0. The number of amides is 2. The second-order valence-corrected chi connectivity index (χ2v) is 5.91. The highest BCUT2D eigenvalue weighted by Gasteiger charge is 2.20. The second kappa shape index (κ2) is 7.34. The molecular weight excluding hydrogens is 323 g/mol. The highest BCUT2D eigenvalue weighted by atomic mass is 19.1. The Bertz CT molecular complexity index is 807. The monoisotopic (exact) mass is 342 g/mol. The van der Waals surface area contributed by atoms with Gasteiger partial charge in [-0.15, -0.1) is 0 Å². The van der Waals surface area contributed by atoms with E-state index in [9.17, 15) is 14.0 Å². The SMILES string of the molecule is CN1C(=O)CCOc2ccc(NC(=O)CCc3cccc(F)c3)cc21. The smallest absolute Gasteiger partial charge is 0.230 e. The van der Waals surface area contributed by atoms with Gasteiger partial charge in [0.05, 0.1) is 18.7 Å². The molecule has 25 heavy (non-hydrogen) atoms. The first-order valence-corrected chi connectivity index (χ1v) is 8.10. The number of fused-ring (bicyclic) bond motifs is 1. The summed E-state index contributed by atoms with van der Waals surface area (Å²) in [7, 11) is 1.69. The van der Waals surface area contributed by atoms with E-state index in [4.69, 9.17) is 4.74 Å². The van der Waals surface area contributed by atoms with Gasteiger partial charge in [-0.25, -0.2) is 4.39 Å². The van der Waals surface area contributed by atoms with E-state index in [1.54, 1.807) is 37.4 Å². The molecular formula is C19H19FN2O3. The van der Waals surface area contributed by atoms with Gasteiger partial charge >= 0.3 is 0 Å². The second-order valence-electron chi connectivity index (χ2n) is 5.91. The van der Waals surface area contributed by atoms with Crippen LogP contribution in [0.5, 0.6) is 5.75 Å². The summed E-state index contributed by atoms with van der Waals surface area (Å²) in [6.45, 7) is 0.343. The molecule has 0 saturated heterocycles. The summed E-state index contributed by atoms with van der Waals surface area (Å²) < 4.78 is 18.7. The van der Waals surface area contributed by atoms with Crippen LogP contribution in [0.3, 0.4) is 0 Å². The molecule has 0 aliphatic carbocycles. The minimum Gasteiger partial charge on any atom is -0.491 e. The zero-order chi connectivity index (χ0) is 17.8. The van der Waals surface area contributed by atoms with Gasteiger partial charge in [0, 0.05) is 19.2 Å². The minimum absolute atomic E-state index is 0.0340. The molecule has 130 valence electrons. The molecule has 0 saturated carbocycles. The van der Waals surface area contributed by atoms with Gasteiger partial charge in [0.15, 0.2) is 0 Å². The maximum atomic E-state index is 13.2. The fraction of sp³-hybridized carbons (Fsp3) is 0.263. The third-order valence-corrected chi connectivity index (χ3v) is 4.08. The highest BCUT2D eigenvalue weighted by molar-refractivity contribution is 5.97. The molecule has 6 heteroatoms. The summed E-state index contributed by atoms with van der Waals surface area (Å²) in [4.78, 5) is 25.6. The molecule has 1 aliphatic rings. The normalized spacial score (nSPS) is 13.7. The summed E-state index contributed by atoms with van der Waals surface area (Å²) in [5.41, 5.74) is 1.99. The number of nitrogens with one attached hydrogen (secondary N) is 1. The zero-order valence-corrected chi connectivity index (χ0v) is 13.9. The lowest BCUT2D eigenvalue weighted by atomic mass is 10.1. The van der Waals surface area contributed by atoms with Gasteiger partial charge in [0.1, 0.15) is 11.6 Å². The van der Waals surface area contributed by atoms with E-state index in [-0.39, 0.29) is 24.1 Å². The van der Waals surface area contributed by atoms with Crippen LogP contribution in [0.15, 0.2) is 42.5 Å². The molecule has 1 N–H and O–H groups in total. The van der Waals surface area contributed by atoms with Crippen molar-refractivity contribution in [1.29, 1.82) is 0 Å². The lowest BCUT2D eigenvalue weighted by Crippen LogP contribution is -2.25. The van der Waals surface area contributed by atoms with Crippen LogP contribution < -0.4 is 15.0 Å². The van der Waals surface area contributed by atoms with Gasteiger partial charge in [-0.2, -0.15) is 0 Å². The zero-order valence-electron chi connectivity index (χ0n) is 13.9. The van der Waals surface area contributed by atoms with Crippen molar-refractivity contribution in [3.05, 3.63) is 53.8 Å². The summed E-state index contributed by atoms with van der Waals surface area (Å²) in [5.74, 6) is 0.100. The average Bonchev–Trinajstić information content (AvgIpc) is 2.73. The van der Waals surface area contributed by atoms with Crippen molar-refractivity contribution in [3.63, 3.8) is 0 Å². The number of nitrogens with zero attached hydrogens (tertiary/aromatic N) is 1. The van der Waals surface area contributed by atoms with Crippen molar-refractivity contribution in [3.8, 4) is 5.75 Å². The van der Waals surface area contributed by atoms with Crippen molar-refractivity contribution < 1.29 is 18.7 Å². The van der Waals surface area contributed by atoms with Crippen LogP contribution in [0.2, 0.25) is 0 Å². The number of anilines is 2. The Hall–Kier alpha value is -2.89. The molecule has 0 unspecified atom stereocenters. The predicted octanol–water partition coefficient (Wildman–Crippen LogP) is 3.14. The highest BCUT2D eigenvalue weighted by Crippen LogP contribution is 2.33. The van der Waals surface area contributed by atoms with E-state index >= 15 is 0 Å². The van der Waals surface area contributed by atoms with Crippen molar-refractivity contribution in [2.45, 2.75) is 19.3 Å². The van der Waals surface area contributed by atoms with Gasteiger partial charge in [0.2, 0.25) is 11.8 Å². The van der Waals surface area contributed by atoms with Crippen molar-refractivity contribution in [2.24, 2.45) is 0 Å². The fourth-order valence-electron chi connectivity index (χ4n) is 2.70. The van der Waals surface area contributed by atoms with E-state index in [0.29, 0.717) is 36.6 Å². The number of carbonyl (C=O) groups excluding carboxylic acids is 2. The maximum Gasteiger partial charge on any atom is 0.230 e. The molecule has 5 nitrogen and oxygen atoms in total. The third-order valence-electron chi connectivity index (χ3n) is 4.08. The number of carbonyl (C=O) groups is 2. The number of rotatable bonds is 4. The van der Waals surface area contributed by atoms with Crippen LogP contribution in [0, 0.1) is 5.82 Å². The van der Waals surface area contributed by atoms with Crippen molar-refractivity contribution in [1.82, 2.24) is 0 Å². The summed E-state index contributed by atoms with van der Waals surface area (Å²) in [6, 6.07) is 11.4. The van der Waals surface area contributed by atoms with Crippen LogP contribution >= 0.6 is 0 Å². The number of hydrogen-bond donors (Lipinski definition) is 1. The van der Waals surface area contributed by atoms with Gasteiger partial charge in [0.25, 0.3) is 0 Å². The van der Waals surface area contributed by atoms with Gasteiger partial charge < -0.3 is 15.0 Å². The van der Waals surface area contributed by atoms with E-state index in [2.05, 4.69) is 5.32 Å². The van der Waals surface area contributed by atoms with Crippen LogP contribution in [-0.4, -0.2) is 25.5 Å². The minimum atomic E-state index is -0.309. The predicted molar refractivity (Wildman–Crippen MR) is 93.3 cm³/mol. The van der Waals surface area contributed by atoms with E-state index in [1.807, 2.05) is 0 Å². The average molecular weight is 342 g/mol. The van der Waals surface area contributed by atoms with Crippen LogP contribution in [0.25, 0.3) is 0 Å². The fourth-order valence-corrected chi connectivity index (χ4v) is 2.70. The molecule has 2 aromatic rings. The first-order valence-electron chi connectivity index (χ1n) is 8.10. The van der Waals surface area contributed by atoms with Crippen LogP contribution in [-0.2, 0) is 16.0 Å². The Morgan fingerprint density at radius 2 is 2.12 bits per heavy atom. The first-order chi connectivity index (χ1) is 12.0. The quantitative estimate of drug-likeness (QED) is 0.929. The Morgan fingerprint density at radius 1 is 1.28 bits per heavy atom. The van der Waals surface area contributed by atoms with Crippen LogP contribution in [0.1, 0.15) is 18.4 Å². The lowest BCUT2D eigenvalue weighted by Gasteiger charge is -2.17. The molecule has 2 aromatic carbocycles. The van der Waals surface area contributed by atoms with Crippen molar-refractivity contribution in [2.75, 3.05) is 23.9 Å². The van der Waals surface area contributed by atoms with E-state index in [0.717, 1.165) is 5.56 Å². The molecule has 0 radical (unpaired) electrons. The largest absolute Gasteiger partial charge is 0.491 e. The molecule has 0 bridgehead atoms. The lowest BCUT2D eigenvalue weighted by molar-refractivity contribution is -0.118. The number of benzene rings is 2. The van der Waals surface area contributed by atoms with E-state index in [1.165, 1.54) is 17.0 Å². The molecule has 1 aliphatic heterocycles. The molecule has 0 aromatic heterocycles. The number of halogens is 1. The Kier molecular flexibility index (Phi) is 4.97. The van der Waals surface area contributed by atoms with E-state index < -0.39 is 0 Å². The molecule has 0 spiro atoms. The van der Waals surface area contributed by atoms with Gasteiger partial charge in [-0.1, -0.05) is 12.1 Å². The molecule has 2 amide bonds. The number of ether oxygens (including phenoxy) is 1. The van der Waals surface area contributed by atoms with Gasteiger partial charge in [-0.05, 0) is 42.3 Å². The molecule has 0 atom stereocenters. The first kappa shape index (κ1) is 17.0. The van der Waals surface area contributed by atoms with Gasteiger partial charge in [-0.3, -0.25) is 9.59 Å². The molecule has 3 rings (SSSR count). The number of hydrogen-bond acceptors (Lipinski definition) is 3. The summed E-state index contributed by atoms with van der Waals surface area (Å²) in [6.07, 6.45) is 1.02. The standard InChI is InChI=1S/C19H19FN2O3/c1-22-16-12-15(6-7-17(16)25-10-9-19(22)24)21-18(23)8-5-13-3-2-4-14(20)11-13/h2-4,6-7,11-12H,5,8-10H2,1H3,(H,21,23). The Labute approximate surface area is 145 Å². The molecule has 1 heterocycles. The molecule has 0 fully saturated rings.